The van der Waals surface area contributed by atoms with Gasteiger partial charge in [0.2, 0.25) is 0 Å². The van der Waals surface area contributed by atoms with E-state index >= 15 is 0 Å². The molecule has 0 aliphatic carbocycles. The van der Waals surface area contributed by atoms with Crippen LogP contribution in [0.2, 0.25) is 0 Å². The first kappa shape index (κ1) is 15.9. The molecule has 6 nitrogen and oxygen atoms in total. The summed E-state index contributed by atoms with van der Waals surface area (Å²) in [6, 6.07) is 0. The van der Waals surface area contributed by atoms with Crippen molar-refractivity contribution in [3.05, 3.63) is 0 Å². The number of aliphatic carboxylic acids is 1. The highest BCUT2D eigenvalue weighted by Gasteiger charge is 2.04. The standard InChI is InChI=1S/C11H20O6/c1-9(12)8-16-6-7-17-11(15)5-3-2-4-10(13)14/h9,12H,2-8H2,1H3,(H,13,14). The lowest BCUT2D eigenvalue weighted by atomic mass is 10.2. The SMILES string of the molecule is CC(O)COCCOC(=O)CCCCC(=O)O. The molecule has 0 heterocycles. The quantitative estimate of drug-likeness (QED) is 0.434. The lowest BCUT2D eigenvalue weighted by molar-refractivity contribution is -0.146. The van der Waals surface area contributed by atoms with E-state index in [-0.39, 0.29) is 38.6 Å². The van der Waals surface area contributed by atoms with E-state index < -0.39 is 12.1 Å². The molecule has 0 aliphatic heterocycles. The van der Waals surface area contributed by atoms with Crippen LogP contribution >= 0.6 is 0 Å². The maximum absolute atomic E-state index is 11.1. The van der Waals surface area contributed by atoms with Crippen LogP contribution < -0.4 is 0 Å². The first-order valence-corrected chi connectivity index (χ1v) is 5.65. The highest BCUT2D eigenvalue weighted by atomic mass is 16.6. The number of unbranched alkanes of at least 4 members (excludes halogenated alkanes) is 1. The normalized spacial score (nSPS) is 12.1. The van der Waals surface area contributed by atoms with Gasteiger partial charge in [0.1, 0.15) is 6.61 Å². The largest absolute Gasteiger partial charge is 0.481 e. The second-order valence-corrected chi connectivity index (χ2v) is 3.75. The fraction of sp³-hybridized carbons (Fsp3) is 0.818. The van der Waals surface area contributed by atoms with E-state index in [9.17, 15) is 9.59 Å². The van der Waals surface area contributed by atoms with Crippen LogP contribution in [-0.4, -0.2) is 48.1 Å². The number of carbonyl (C=O) groups is 2. The number of aliphatic hydroxyl groups excluding tert-OH is 1. The molecule has 0 aromatic heterocycles. The first-order valence-electron chi connectivity index (χ1n) is 5.65. The molecule has 0 aromatic rings. The van der Waals surface area contributed by atoms with E-state index in [0.717, 1.165) is 0 Å². The number of carboxylic acids is 1. The predicted octanol–water partition coefficient (Wildman–Crippen LogP) is 0.572. The molecule has 0 amide bonds. The Bertz CT molecular complexity index is 226. The maximum Gasteiger partial charge on any atom is 0.305 e. The topological polar surface area (TPSA) is 93.1 Å². The van der Waals surface area contributed by atoms with Crippen molar-refractivity contribution in [2.45, 2.75) is 38.7 Å². The Labute approximate surface area is 101 Å². The van der Waals surface area contributed by atoms with Crippen LogP contribution in [0.25, 0.3) is 0 Å². The van der Waals surface area contributed by atoms with Gasteiger partial charge in [0.25, 0.3) is 0 Å². The molecule has 1 atom stereocenters. The molecular formula is C11H20O6. The number of carbonyl (C=O) groups excluding carboxylic acids is 1. The molecule has 0 bridgehead atoms. The molecule has 0 aromatic carbocycles. The van der Waals surface area contributed by atoms with Crippen LogP contribution in [-0.2, 0) is 19.1 Å². The zero-order valence-electron chi connectivity index (χ0n) is 10.1. The molecule has 0 radical (unpaired) electrons. The summed E-state index contributed by atoms with van der Waals surface area (Å²) in [5.74, 6) is -1.21. The van der Waals surface area contributed by atoms with Crippen LogP contribution in [0.5, 0.6) is 0 Å². The molecule has 2 N–H and O–H groups in total. The molecule has 0 saturated carbocycles. The number of rotatable bonds is 10. The third-order valence-corrected chi connectivity index (χ3v) is 1.87. The molecule has 0 spiro atoms. The molecule has 0 fully saturated rings. The number of ether oxygens (including phenoxy) is 2. The Balaban J connectivity index is 3.26. The van der Waals surface area contributed by atoms with Gasteiger partial charge in [-0.3, -0.25) is 9.59 Å². The molecule has 1 unspecified atom stereocenters. The fourth-order valence-corrected chi connectivity index (χ4v) is 1.09. The van der Waals surface area contributed by atoms with Crippen LogP contribution in [0, 0.1) is 0 Å². The smallest absolute Gasteiger partial charge is 0.305 e. The van der Waals surface area contributed by atoms with Gasteiger partial charge in [0.15, 0.2) is 0 Å². The van der Waals surface area contributed by atoms with Crippen molar-refractivity contribution in [3.63, 3.8) is 0 Å². The molecule has 100 valence electrons. The zero-order chi connectivity index (χ0) is 13.1. The minimum atomic E-state index is -0.857. The van der Waals surface area contributed by atoms with Gasteiger partial charge in [-0.15, -0.1) is 0 Å². The van der Waals surface area contributed by atoms with E-state index in [1.54, 1.807) is 6.92 Å². The van der Waals surface area contributed by atoms with Gasteiger partial charge in [-0.1, -0.05) is 0 Å². The van der Waals surface area contributed by atoms with Gasteiger partial charge in [-0.05, 0) is 19.8 Å². The highest BCUT2D eigenvalue weighted by molar-refractivity contribution is 5.69. The summed E-state index contributed by atoms with van der Waals surface area (Å²) in [5, 5.41) is 17.2. The summed E-state index contributed by atoms with van der Waals surface area (Å²) >= 11 is 0. The fourth-order valence-electron chi connectivity index (χ4n) is 1.09. The second-order valence-electron chi connectivity index (χ2n) is 3.75. The van der Waals surface area contributed by atoms with Gasteiger partial charge >= 0.3 is 11.9 Å². The molecule has 17 heavy (non-hydrogen) atoms. The summed E-state index contributed by atoms with van der Waals surface area (Å²) in [5.41, 5.74) is 0. The predicted molar refractivity (Wildman–Crippen MR) is 59.6 cm³/mol. The van der Waals surface area contributed by atoms with Gasteiger partial charge < -0.3 is 19.7 Å². The van der Waals surface area contributed by atoms with Crippen molar-refractivity contribution in [1.82, 2.24) is 0 Å². The Morgan fingerprint density at radius 2 is 1.82 bits per heavy atom. The molecule has 0 saturated heterocycles. The summed E-state index contributed by atoms with van der Waals surface area (Å²) in [7, 11) is 0. The third-order valence-electron chi connectivity index (χ3n) is 1.87. The van der Waals surface area contributed by atoms with Crippen molar-refractivity contribution in [3.8, 4) is 0 Å². The number of esters is 1. The Kier molecular flexibility index (Phi) is 9.37. The second kappa shape index (κ2) is 10.0. The van der Waals surface area contributed by atoms with Crippen LogP contribution in [0.3, 0.4) is 0 Å². The lowest BCUT2D eigenvalue weighted by Crippen LogP contribution is -2.15. The van der Waals surface area contributed by atoms with Gasteiger partial charge in [-0.25, -0.2) is 0 Å². The number of hydrogen-bond acceptors (Lipinski definition) is 5. The van der Waals surface area contributed by atoms with Crippen LogP contribution in [0.15, 0.2) is 0 Å². The molecule has 0 aliphatic rings. The van der Waals surface area contributed by atoms with E-state index in [1.807, 2.05) is 0 Å². The average molecular weight is 248 g/mol. The van der Waals surface area contributed by atoms with Crippen LogP contribution in [0.4, 0.5) is 0 Å². The van der Waals surface area contributed by atoms with Gasteiger partial charge in [-0.2, -0.15) is 0 Å². The summed E-state index contributed by atoms with van der Waals surface area (Å²) in [6.45, 7) is 2.24. The van der Waals surface area contributed by atoms with Crippen molar-refractivity contribution in [2.75, 3.05) is 19.8 Å². The minimum absolute atomic E-state index is 0.0742. The number of carboxylic acid groups (broad SMARTS) is 1. The van der Waals surface area contributed by atoms with Gasteiger partial charge in [0.05, 0.1) is 19.3 Å². The third kappa shape index (κ3) is 12.8. The average Bonchev–Trinajstić information content (AvgIpc) is 2.23. The number of aliphatic hydroxyl groups is 1. The van der Waals surface area contributed by atoms with E-state index in [4.69, 9.17) is 19.7 Å². The number of hydrogen-bond donors (Lipinski definition) is 2. The minimum Gasteiger partial charge on any atom is -0.481 e. The lowest BCUT2D eigenvalue weighted by Gasteiger charge is -2.07. The van der Waals surface area contributed by atoms with Crippen molar-refractivity contribution in [2.24, 2.45) is 0 Å². The Morgan fingerprint density at radius 1 is 1.18 bits per heavy atom. The summed E-state index contributed by atoms with van der Waals surface area (Å²) in [6.07, 6.45) is 0.763. The van der Waals surface area contributed by atoms with Crippen LogP contribution in [0.1, 0.15) is 32.6 Å². The first-order chi connectivity index (χ1) is 8.02. The molecular weight excluding hydrogens is 228 g/mol. The van der Waals surface area contributed by atoms with E-state index in [2.05, 4.69) is 0 Å². The van der Waals surface area contributed by atoms with Crippen molar-refractivity contribution in [1.29, 1.82) is 0 Å². The monoisotopic (exact) mass is 248 g/mol. The maximum atomic E-state index is 11.1. The zero-order valence-corrected chi connectivity index (χ0v) is 10.1. The Hall–Kier alpha value is -1.14. The van der Waals surface area contributed by atoms with Crippen molar-refractivity contribution < 1.29 is 29.3 Å². The van der Waals surface area contributed by atoms with Gasteiger partial charge in [0, 0.05) is 12.8 Å². The summed E-state index contributed by atoms with van der Waals surface area (Å²) < 4.78 is 9.84. The summed E-state index contributed by atoms with van der Waals surface area (Å²) in [4.78, 5) is 21.3. The van der Waals surface area contributed by atoms with Crippen molar-refractivity contribution >= 4 is 11.9 Å². The molecule has 6 heteroatoms. The Morgan fingerprint density at radius 3 is 2.41 bits per heavy atom. The van der Waals surface area contributed by atoms with E-state index in [0.29, 0.717) is 12.8 Å². The molecule has 0 rings (SSSR count). The van der Waals surface area contributed by atoms with E-state index in [1.165, 1.54) is 0 Å². The highest BCUT2D eigenvalue weighted by Crippen LogP contribution is 2.01.